The number of allylic oxidation sites excluding steroid dienone is 4. The number of rotatable bonds is 2. The minimum absolute atomic E-state index is 0.633. The zero-order chi connectivity index (χ0) is 13.2. The summed E-state index contributed by atoms with van der Waals surface area (Å²) in [6.07, 6.45) is 7.74. The third-order valence-corrected chi connectivity index (χ3v) is 4.31. The topological polar surface area (TPSA) is 25.8 Å². The molecule has 0 N–H and O–H groups in total. The van der Waals surface area contributed by atoms with Crippen LogP contribution in [0.4, 0.5) is 0 Å². The number of hydrogen-bond donors (Lipinski definition) is 0. The second-order valence-electron chi connectivity index (χ2n) is 5.01. The highest BCUT2D eigenvalue weighted by atomic mass is 32.1. The minimum atomic E-state index is 0.633. The van der Waals surface area contributed by atoms with E-state index in [-0.39, 0.29) is 0 Å². The van der Waals surface area contributed by atoms with Crippen molar-refractivity contribution in [1.29, 1.82) is 0 Å². The first-order valence-corrected chi connectivity index (χ1v) is 7.33. The number of aryl methyl sites for hydroxylation is 1. The summed E-state index contributed by atoms with van der Waals surface area (Å²) in [4.78, 5) is 0. The Bertz CT molecular complexity index is 635. The highest BCUT2D eigenvalue weighted by Gasteiger charge is 2.11. The maximum absolute atomic E-state index is 4.31. The maximum Gasteiger partial charge on any atom is 0.148 e. The van der Waals surface area contributed by atoms with Crippen LogP contribution in [0.1, 0.15) is 23.9 Å². The summed E-state index contributed by atoms with van der Waals surface area (Å²) in [6.45, 7) is 4.32. The van der Waals surface area contributed by atoms with Crippen LogP contribution >= 0.6 is 11.3 Å². The lowest BCUT2D eigenvalue weighted by atomic mass is 9.99. The summed E-state index contributed by atoms with van der Waals surface area (Å²) in [5.74, 6) is 0.633. The highest BCUT2D eigenvalue weighted by Crippen LogP contribution is 2.30. The average molecular weight is 268 g/mol. The van der Waals surface area contributed by atoms with Crippen molar-refractivity contribution in [3.8, 4) is 10.6 Å². The van der Waals surface area contributed by atoms with Gasteiger partial charge in [-0.15, -0.1) is 10.2 Å². The molecule has 0 bridgehead atoms. The molecule has 0 aliphatic heterocycles. The van der Waals surface area contributed by atoms with Gasteiger partial charge in [0.15, 0.2) is 0 Å². The Labute approximate surface area is 117 Å². The fourth-order valence-electron chi connectivity index (χ4n) is 2.04. The van der Waals surface area contributed by atoms with Crippen molar-refractivity contribution in [2.45, 2.75) is 20.3 Å². The molecule has 96 valence electrons. The molecule has 1 aliphatic carbocycles. The van der Waals surface area contributed by atoms with E-state index in [1.165, 1.54) is 11.1 Å². The standard InChI is InChI=1S/C16H16N2S/c1-11-3-7-13(8-4-11)15-17-18-16(19-15)14-9-5-12(2)6-10-14/h3-5,7-10,12H,6H2,1-2H3. The third-order valence-electron chi connectivity index (χ3n) is 3.28. The third kappa shape index (κ3) is 2.66. The number of hydrogen-bond acceptors (Lipinski definition) is 3. The van der Waals surface area contributed by atoms with Gasteiger partial charge in [0.25, 0.3) is 0 Å². The van der Waals surface area contributed by atoms with Crippen molar-refractivity contribution in [2.75, 3.05) is 0 Å². The molecule has 1 heterocycles. The van der Waals surface area contributed by atoms with Crippen LogP contribution in [0.25, 0.3) is 16.1 Å². The van der Waals surface area contributed by atoms with Crippen LogP contribution < -0.4 is 0 Å². The monoisotopic (exact) mass is 268 g/mol. The Morgan fingerprint density at radius 3 is 2.53 bits per heavy atom. The normalized spacial score (nSPS) is 18.4. The summed E-state index contributed by atoms with van der Waals surface area (Å²) >= 11 is 1.66. The van der Waals surface area contributed by atoms with Crippen LogP contribution in [0.3, 0.4) is 0 Å². The maximum atomic E-state index is 4.31. The molecule has 1 aromatic heterocycles. The van der Waals surface area contributed by atoms with Gasteiger partial charge in [0.05, 0.1) is 0 Å². The number of aromatic nitrogens is 2. The van der Waals surface area contributed by atoms with Crippen molar-refractivity contribution >= 4 is 16.9 Å². The van der Waals surface area contributed by atoms with Crippen LogP contribution in [-0.2, 0) is 0 Å². The average Bonchev–Trinajstić information content (AvgIpc) is 2.90. The molecule has 2 nitrogen and oxygen atoms in total. The Balaban J connectivity index is 1.88. The molecule has 0 saturated heterocycles. The van der Waals surface area contributed by atoms with E-state index in [9.17, 15) is 0 Å². The van der Waals surface area contributed by atoms with Crippen molar-refractivity contribution in [2.24, 2.45) is 5.92 Å². The van der Waals surface area contributed by atoms with Gasteiger partial charge in [0.2, 0.25) is 0 Å². The Morgan fingerprint density at radius 2 is 1.84 bits per heavy atom. The molecule has 0 radical (unpaired) electrons. The van der Waals surface area contributed by atoms with Gasteiger partial charge in [-0.1, -0.05) is 66.3 Å². The lowest BCUT2D eigenvalue weighted by Gasteiger charge is -2.08. The first kappa shape index (κ1) is 12.3. The minimum Gasteiger partial charge on any atom is -0.138 e. The molecule has 0 saturated carbocycles. The van der Waals surface area contributed by atoms with Gasteiger partial charge in [-0.2, -0.15) is 0 Å². The summed E-state index contributed by atoms with van der Waals surface area (Å²) in [6, 6.07) is 8.43. The molecular weight excluding hydrogens is 252 g/mol. The zero-order valence-electron chi connectivity index (χ0n) is 11.1. The van der Waals surface area contributed by atoms with Gasteiger partial charge < -0.3 is 0 Å². The smallest absolute Gasteiger partial charge is 0.138 e. The Kier molecular flexibility index (Phi) is 3.30. The molecule has 0 amide bonds. The lowest BCUT2D eigenvalue weighted by molar-refractivity contribution is 0.739. The molecule has 2 aromatic rings. The predicted octanol–water partition coefficient (Wildman–Crippen LogP) is 4.49. The second kappa shape index (κ2) is 5.10. The summed E-state index contributed by atoms with van der Waals surface area (Å²) in [7, 11) is 0. The molecule has 1 unspecified atom stereocenters. The molecule has 1 aliphatic rings. The van der Waals surface area contributed by atoms with Crippen molar-refractivity contribution in [1.82, 2.24) is 10.2 Å². The van der Waals surface area contributed by atoms with Crippen molar-refractivity contribution < 1.29 is 0 Å². The SMILES string of the molecule is Cc1ccc(-c2nnc(C3=CCC(C)C=C3)s2)cc1. The fourth-order valence-corrected chi connectivity index (χ4v) is 2.91. The molecule has 1 aromatic carbocycles. The van der Waals surface area contributed by atoms with E-state index in [0.717, 1.165) is 22.0 Å². The van der Waals surface area contributed by atoms with E-state index in [1.807, 2.05) is 0 Å². The molecule has 3 heteroatoms. The summed E-state index contributed by atoms with van der Waals surface area (Å²) in [5.41, 5.74) is 3.61. The lowest BCUT2D eigenvalue weighted by Crippen LogP contribution is -1.93. The highest BCUT2D eigenvalue weighted by molar-refractivity contribution is 7.15. The van der Waals surface area contributed by atoms with E-state index in [2.05, 4.69) is 66.5 Å². The van der Waals surface area contributed by atoms with E-state index in [1.54, 1.807) is 11.3 Å². The van der Waals surface area contributed by atoms with Crippen LogP contribution in [0.15, 0.2) is 42.5 Å². The van der Waals surface area contributed by atoms with Crippen LogP contribution in [-0.4, -0.2) is 10.2 Å². The van der Waals surface area contributed by atoms with Crippen LogP contribution in [0.2, 0.25) is 0 Å². The van der Waals surface area contributed by atoms with Crippen LogP contribution in [0.5, 0.6) is 0 Å². The molecule has 0 spiro atoms. The van der Waals surface area contributed by atoms with Gasteiger partial charge >= 0.3 is 0 Å². The largest absolute Gasteiger partial charge is 0.148 e. The van der Waals surface area contributed by atoms with Gasteiger partial charge in [-0.3, -0.25) is 0 Å². The molecular formula is C16H16N2S. The zero-order valence-corrected chi connectivity index (χ0v) is 11.9. The molecule has 3 rings (SSSR count). The van der Waals surface area contributed by atoms with E-state index >= 15 is 0 Å². The van der Waals surface area contributed by atoms with Gasteiger partial charge in [-0.25, -0.2) is 0 Å². The Hall–Kier alpha value is -1.74. The molecule has 1 atom stereocenters. The summed E-state index contributed by atoms with van der Waals surface area (Å²) in [5, 5.41) is 10.6. The van der Waals surface area contributed by atoms with Crippen molar-refractivity contribution in [3.63, 3.8) is 0 Å². The molecule has 0 fully saturated rings. The van der Waals surface area contributed by atoms with Gasteiger partial charge in [0.1, 0.15) is 10.0 Å². The second-order valence-corrected chi connectivity index (χ2v) is 5.99. The number of nitrogens with zero attached hydrogens (tertiary/aromatic N) is 2. The van der Waals surface area contributed by atoms with Crippen molar-refractivity contribution in [3.05, 3.63) is 53.1 Å². The van der Waals surface area contributed by atoms with Gasteiger partial charge in [0, 0.05) is 11.1 Å². The van der Waals surface area contributed by atoms with Gasteiger partial charge in [-0.05, 0) is 19.3 Å². The fraction of sp³-hybridized carbons (Fsp3) is 0.250. The van der Waals surface area contributed by atoms with E-state index in [0.29, 0.717) is 5.92 Å². The number of benzene rings is 1. The quantitative estimate of drug-likeness (QED) is 0.801. The van der Waals surface area contributed by atoms with Crippen LogP contribution in [0, 0.1) is 12.8 Å². The first-order valence-electron chi connectivity index (χ1n) is 6.51. The summed E-state index contributed by atoms with van der Waals surface area (Å²) < 4.78 is 0. The van der Waals surface area contributed by atoms with E-state index in [4.69, 9.17) is 0 Å². The molecule has 19 heavy (non-hydrogen) atoms. The predicted molar refractivity (Wildman–Crippen MR) is 81.0 cm³/mol. The first-order chi connectivity index (χ1) is 9.22. The Morgan fingerprint density at radius 1 is 1.11 bits per heavy atom. The van der Waals surface area contributed by atoms with E-state index < -0.39 is 0 Å².